The molecule has 2 amide bonds. The molecule has 0 N–H and O–H groups in total. The number of carbonyl (C=O) groups is 3. The second-order valence-corrected chi connectivity index (χ2v) is 9.76. The molecule has 0 spiro atoms. The van der Waals surface area contributed by atoms with Crippen LogP contribution in [0.1, 0.15) is 45.4 Å². The van der Waals surface area contributed by atoms with Gasteiger partial charge in [0.1, 0.15) is 6.04 Å². The fourth-order valence-corrected chi connectivity index (χ4v) is 6.40. The fraction of sp³-hybridized carbons (Fsp3) is 0.222. The largest absolute Gasteiger partial charge is 0.358 e. The van der Waals surface area contributed by atoms with Crippen molar-refractivity contribution in [2.45, 2.75) is 25.0 Å². The van der Waals surface area contributed by atoms with Crippen molar-refractivity contribution in [3.8, 4) is 0 Å². The highest BCUT2D eigenvalue weighted by Gasteiger charge is 2.64. The molecule has 0 unspecified atom stereocenters. The zero-order chi connectivity index (χ0) is 22.7. The lowest BCUT2D eigenvalue weighted by molar-refractivity contribution is -0.143. The van der Waals surface area contributed by atoms with Crippen LogP contribution in [-0.2, 0) is 9.59 Å². The number of rotatable bonds is 4. The molecule has 3 aliphatic heterocycles. The molecule has 0 bridgehead atoms. The Labute approximate surface area is 195 Å². The molecule has 1 aromatic heterocycles. The number of thiophene rings is 1. The topological polar surface area (TPSA) is 57.7 Å². The molecule has 2 fully saturated rings. The number of ketones is 1. The number of fused-ring (bicyclic) bond motifs is 5. The van der Waals surface area contributed by atoms with Crippen LogP contribution >= 0.6 is 11.3 Å². The standard InChI is InChI=1S/C27H22N2O3S/c1-16(17-8-3-2-4-9-17)29-26(31)21-22(27(29)32)24(25(30)20-12-7-15-33-20)28-14-13-18-10-5-6-11-19(18)23(21)28/h2-16,21-24H,1H3/t16-,21-,22+,23-,24-/m0/s1. The van der Waals surface area contributed by atoms with Gasteiger partial charge in [0.2, 0.25) is 11.8 Å². The molecule has 0 aliphatic carbocycles. The zero-order valence-electron chi connectivity index (χ0n) is 18.0. The van der Waals surface area contributed by atoms with Crippen LogP contribution in [0.15, 0.2) is 78.3 Å². The second-order valence-electron chi connectivity index (χ2n) is 8.81. The highest BCUT2D eigenvalue weighted by molar-refractivity contribution is 7.12. The Morgan fingerprint density at radius 3 is 2.39 bits per heavy atom. The average Bonchev–Trinajstić information content (AvgIpc) is 3.55. The van der Waals surface area contributed by atoms with Crippen LogP contribution in [0.4, 0.5) is 0 Å². The first kappa shape index (κ1) is 20.1. The first-order chi connectivity index (χ1) is 16.1. The summed E-state index contributed by atoms with van der Waals surface area (Å²) in [5.74, 6) is -1.84. The van der Waals surface area contributed by atoms with E-state index in [4.69, 9.17) is 0 Å². The molecule has 164 valence electrons. The Kier molecular flexibility index (Phi) is 4.59. The normalized spacial score (nSPS) is 26.2. The minimum absolute atomic E-state index is 0.0955. The molecular weight excluding hydrogens is 432 g/mol. The second kappa shape index (κ2) is 7.52. The van der Waals surface area contributed by atoms with Gasteiger partial charge >= 0.3 is 0 Å². The van der Waals surface area contributed by atoms with Gasteiger partial charge in [0.25, 0.3) is 0 Å². The number of Topliss-reactive ketones (excluding diaryl/α,β-unsaturated/α-hetero) is 1. The van der Waals surface area contributed by atoms with Crippen LogP contribution in [0.25, 0.3) is 6.08 Å². The zero-order valence-corrected chi connectivity index (χ0v) is 18.8. The van der Waals surface area contributed by atoms with E-state index in [0.29, 0.717) is 4.88 Å². The van der Waals surface area contributed by atoms with Crippen molar-refractivity contribution in [1.82, 2.24) is 9.80 Å². The Morgan fingerprint density at radius 1 is 0.909 bits per heavy atom. The third-order valence-electron chi connectivity index (χ3n) is 7.20. The SMILES string of the molecule is C[C@@H](c1ccccc1)N1C(=O)[C@@H]2[C@H](C1=O)[C@@H]1c3ccccc3C=CN1[C@@H]2C(=O)c1cccs1. The van der Waals surface area contributed by atoms with E-state index in [-0.39, 0.29) is 23.6 Å². The predicted octanol–water partition coefficient (Wildman–Crippen LogP) is 4.70. The third-order valence-corrected chi connectivity index (χ3v) is 8.08. The van der Waals surface area contributed by atoms with Gasteiger partial charge in [-0.3, -0.25) is 19.3 Å². The number of benzene rings is 2. The average molecular weight is 455 g/mol. The number of amides is 2. The Balaban J connectivity index is 1.48. The van der Waals surface area contributed by atoms with Crippen LogP contribution in [-0.4, -0.2) is 33.4 Å². The molecule has 6 heteroatoms. The number of hydrogen-bond acceptors (Lipinski definition) is 5. The summed E-state index contributed by atoms with van der Waals surface area (Å²) in [6, 6.07) is 19.7. The van der Waals surface area contributed by atoms with E-state index in [1.165, 1.54) is 16.2 Å². The highest BCUT2D eigenvalue weighted by Crippen LogP contribution is 2.54. The molecule has 2 aromatic carbocycles. The minimum atomic E-state index is -0.709. The van der Waals surface area contributed by atoms with Gasteiger partial charge in [-0.15, -0.1) is 11.3 Å². The summed E-state index contributed by atoms with van der Waals surface area (Å²) in [5, 5.41) is 1.86. The van der Waals surface area contributed by atoms with Gasteiger partial charge in [0, 0.05) is 6.20 Å². The molecule has 5 nitrogen and oxygen atoms in total. The maximum absolute atomic E-state index is 13.9. The first-order valence-corrected chi connectivity index (χ1v) is 12.0. The third kappa shape index (κ3) is 2.87. The summed E-state index contributed by atoms with van der Waals surface area (Å²) in [6.07, 6.45) is 3.87. The summed E-state index contributed by atoms with van der Waals surface area (Å²) >= 11 is 1.37. The van der Waals surface area contributed by atoms with E-state index in [1.807, 2.05) is 90.1 Å². The van der Waals surface area contributed by atoms with Crippen molar-refractivity contribution >= 4 is 35.0 Å². The van der Waals surface area contributed by atoms with E-state index in [0.717, 1.165) is 16.7 Å². The number of likely N-dealkylation sites (tertiary alicyclic amines) is 1. The Bertz CT molecular complexity index is 1280. The summed E-state index contributed by atoms with van der Waals surface area (Å²) < 4.78 is 0. The molecule has 5 atom stereocenters. The number of nitrogens with zero attached hydrogens (tertiary/aromatic N) is 2. The maximum Gasteiger partial charge on any atom is 0.236 e. The van der Waals surface area contributed by atoms with Crippen molar-refractivity contribution < 1.29 is 14.4 Å². The lowest BCUT2D eigenvalue weighted by Crippen LogP contribution is -2.44. The van der Waals surface area contributed by atoms with Gasteiger partial charge < -0.3 is 4.90 Å². The molecule has 33 heavy (non-hydrogen) atoms. The van der Waals surface area contributed by atoms with Gasteiger partial charge in [-0.1, -0.05) is 60.7 Å². The van der Waals surface area contributed by atoms with Crippen molar-refractivity contribution in [3.63, 3.8) is 0 Å². The summed E-state index contributed by atoms with van der Waals surface area (Å²) in [6.45, 7) is 1.88. The van der Waals surface area contributed by atoms with Crippen molar-refractivity contribution in [2.75, 3.05) is 0 Å². The number of carbonyl (C=O) groups excluding carboxylic acids is 3. The van der Waals surface area contributed by atoms with E-state index in [1.54, 1.807) is 6.07 Å². The van der Waals surface area contributed by atoms with Crippen LogP contribution in [0.2, 0.25) is 0 Å². The predicted molar refractivity (Wildman–Crippen MR) is 126 cm³/mol. The van der Waals surface area contributed by atoms with Crippen LogP contribution < -0.4 is 0 Å². The van der Waals surface area contributed by atoms with E-state index >= 15 is 0 Å². The molecule has 0 radical (unpaired) electrons. The maximum atomic E-state index is 13.9. The molecule has 3 aromatic rings. The van der Waals surface area contributed by atoms with Gasteiger partial charge in [-0.2, -0.15) is 0 Å². The van der Waals surface area contributed by atoms with Crippen LogP contribution in [0.5, 0.6) is 0 Å². The van der Waals surface area contributed by atoms with E-state index in [9.17, 15) is 14.4 Å². The Morgan fingerprint density at radius 2 is 1.64 bits per heavy atom. The number of hydrogen-bond donors (Lipinski definition) is 0. The number of imide groups is 1. The lowest BCUT2D eigenvalue weighted by Gasteiger charge is -2.36. The molecule has 4 heterocycles. The quantitative estimate of drug-likeness (QED) is 0.423. The molecule has 0 saturated carbocycles. The van der Waals surface area contributed by atoms with Gasteiger partial charge in [0.05, 0.1) is 28.8 Å². The summed E-state index contributed by atoms with van der Waals surface area (Å²) in [7, 11) is 0. The molecule has 2 saturated heterocycles. The summed E-state index contributed by atoms with van der Waals surface area (Å²) in [5.41, 5.74) is 2.92. The van der Waals surface area contributed by atoms with Crippen molar-refractivity contribution in [3.05, 3.63) is 99.9 Å². The minimum Gasteiger partial charge on any atom is -0.358 e. The lowest BCUT2D eigenvalue weighted by atomic mass is 9.84. The molecular formula is C27H22N2O3S. The van der Waals surface area contributed by atoms with E-state index < -0.39 is 23.9 Å². The van der Waals surface area contributed by atoms with Gasteiger partial charge in [0.15, 0.2) is 5.78 Å². The van der Waals surface area contributed by atoms with Gasteiger partial charge in [-0.05, 0) is 41.1 Å². The first-order valence-electron chi connectivity index (χ1n) is 11.1. The van der Waals surface area contributed by atoms with Crippen molar-refractivity contribution in [2.24, 2.45) is 11.8 Å². The Hall–Kier alpha value is -3.51. The van der Waals surface area contributed by atoms with Gasteiger partial charge in [-0.25, -0.2) is 0 Å². The van der Waals surface area contributed by atoms with Crippen LogP contribution in [0, 0.1) is 11.8 Å². The van der Waals surface area contributed by atoms with Crippen LogP contribution in [0.3, 0.4) is 0 Å². The highest BCUT2D eigenvalue weighted by atomic mass is 32.1. The molecule has 3 aliphatic rings. The van der Waals surface area contributed by atoms with E-state index in [2.05, 4.69) is 0 Å². The fourth-order valence-electron chi connectivity index (χ4n) is 5.71. The van der Waals surface area contributed by atoms with Crippen molar-refractivity contribution in [1.29, 1.82) is 0 Å². The summed E-state index contributed by atoms with van der Waals surface area (Å²) in [4.78, 5) is 45.4. The molecule has 6 rings (SSSR count). The smallest absolute Gasteiger partial charge is 0.236 e. The monoisotopic (exact) mass is 454 g/mol.